The number of hydrogen-bond donors (Lipinski definition) is 1. The molecule has 106 valence electrons. The maximum absolute atomic E-state index is 12.5. The predicted molar refractivity (Wildman–Crippen MR) is 64.2 cm³/mol. The molecule has 2 unspecified atom stereocenters. The fourth-order valence-electron chi connectivity index (χ4n) is 3.12. The molecule has 0 aromatic heterocycles. The highest BCUT2D eigenvalue weighted by Crippen LogP contribution is 2.54. The van der Waals surface area contributed by atoms with Crippen LogP contribution >= 0.6 is 0 Å². The van der Waals surface area contributed by atoms with Crippen molar-refractivity contribution >= 4 is 11.6 Å². The Morgan fingerprint density at radius 2 is 1.89 bits per heavy atom. The van der Waals surface area contributed by atoms with Crippen molar-refractivity contribution in [3.05, 3.63) is 11.5 Å². The molecule has 0 saturated heterocycles. The van der Waals surface area contributed by atoms with Gasteiger partial charge in [-0.15, -0.1) is 0 Å². The molecule has 6 nitrogen and oxygen atoms in total. The molecule has 0 aromatic carbocycles. The average Bonchev–Trinajstić information content (AvgIpc) is 2.81. The number of aliphatic hydroxyl groups is 1. The van der Waals surface area contributed by atoms with Crippen LogP contribution < -0.4 is 0 Å². The van der Waals surface area contributed by atoms with Crippen LogP contribution in [0.3, 0.4) is 0 Å². The summed E-state index contributed by atoms with van der Waals surface area (Å²) < 4.78 is 15.2. The first-order valence-electron chi connectivity index (χ1n) is 6.07. The Morgan fingerprint density at radius 1 is 1.21 bits per heavy atom. The molecule has 2 aliphatic rings. The number of ether oxygens (including phenoxy) is 3. The van der Waals surface area contributed by atoms with E-state index in [1.54, 1.807) is 0 Å². The van der Waals surface area contributed by atoms with Crippen LogP contribution in [0.25, 0.3) is 0 Å². The lowest BCUT2D eigenvalue weighted by Crippen LogP contribution is -2.55. The van der Waals surface area contributed by atoms with Crippen molar-refractivity contribution in [2.75, 3.05) is 27.9 Å². The van der Waals surface area contributed by atoms with Gasteiger partial charge in [0.15, 0.2) is 11.4 Å². The van der Waals surface area contributed by atoms with E-state index in [-0.39, 0.29) is 43.2 Å². The van der Waals surface area contributed by atoms with Crippen LogP contribution in [0.1, 0.15) is 19.3 Å². The highest BCUT2D eigenvalue weighted by molar-refractivity contribution is 6.09. The van der Waals surface area contributed by atoms with Crippen LogP contribution in [0.5, 0.6) is 0 Å². The number of carbonyl (C=O) groups is 2. The van der Waals surface area contributed by atoms with Crippen LogP contribution in [0.4, 0.5) is 0 Å². The zero-order valence-electron chi connectivity index (χ0n) is 11.3. The van der Waals surface area contributed by atoms with Gasteiger partial charge in [0.05, 0.1) is 26.2 Å². The second-order valence-corrected chi connectivity index (χ2v) is 4.97. The largest absolute Gasteiger partial charge is 0.497 e. The van der Waals surface area contributed by atoms with Crippen LogP contribution in [0.15, 0.2) is 11.5 Å². The number of rotatable bonds is 4. The molecule has 1 fully saturated rings. The van der Waals surface area contributed by atoms with Crippen molar-refractivity contribution in [1.82, 2.24) is 0 Å². The number of ketones is 2. The lowest BCUT2D eigenvalue weighted by molar-refractivity contribution is -0.161. The van der Waals surface area contributed by atoms with Gasteiger partial charge in [0.25, 0.3) is 0 Å². The molecule has 0 aromatic rings. The van der Waals surface area contributed by atoms with Crippen LogP contribution in [0, 0.1) is 5.41 Å². The summed E-state index contributed by atoms with van der Waals surface area (Å²) in [5.74, 6) is -0.281. The van der Waals surface area contributed by atoms with E-state index in [9.17, 15) is 14.7 Å². The van der Waals surface area contributed by atoms with E-state index in [1.807, 2.05) is 0 Å². The van der Waals surface area contributed by atoms with Crippen molar-refractivity contribution in [3.8, 4) is 0 Å². The number of carbonyl (C=O) groups excluding carboxylic acids is 2. The monoisotopic (exact) mass is 270 g/mol. The third-order valence-electron chi connectivity index (χ3n) is 4.19. The fourth-order valence-corrected chi connectivity index (χ4v) is 3.12. The van der Waals surface area contributed by atoms with E-state index < -0.39 is 11.0 Å². The highest BCUT2D eigenvalue weighted by Gasteiger charge is 2.67. The third kappa shape index (κ3) is 1.63. The molecule has 6 heteroatoms. The number of allylic oxidation sites excluding steroid dienone is 2. The quantitative estimate of drug-likeness (QED) is 0.785. The van der Waals surface area contributed by atoms with Crippen molar-refractivity contribution in [3.63, 3.8) is 0 Å². The van der Waals surface area contributed by atoms with E-state index in [4.69, 9.17) is 14.2 Å². The standard InChI is InChI=1S/C13H18O6/c1-17-7-13(16)9(14)4-5-12(13)6-8(18-2)10(19-3)11(12)15/h16H,4-7H2,1-3H3. The Bertz CT molecular complexity index is 454. The molecule has 1 N–H and O–H groups in total. The van der Waals surface area contributed by atoms with E-state index in [0.717, 1.165) is 0 Å². The molecule has 0 amide bonds. The zero-order valence-corrected chi connectivity index (χ0v) is 11.3. The zero-order chi connectivity index (χ0) is 14.3. The van der Waals surface area contributed by atoms with Crippen LogP contribution in [0.2, 0.25) is 0 Å². The lowest BCUT2D eigenvalue weighted by atomic mass is 9.71. The van der Waals surface area contributed by atoms with Gasteiger partial charge >= 0.3 is 0 Å². The minimum absolute atomic E-state index is 0.0896. The van der Waals surface area contributed by atoms with Gasteiger partial charge < -0.3 is 19.3 Å². The second-order valence-electron chi connectivity index (χ2n) is 4.97. The predicted octanol–water partition coefficient (Wildman–Crippen LogP) is 0.190. The third-order valence-corrected chi connectivity index (χ3v) is 4.19. The van der Waals surface area contributed by atoms with E-state index in [0.29, 0.717) is 5.76 Å². The smallest absolute Gasteiger partial charge is 0.210 e. The molecule has 0 radical (unpaired) electrons. The van der Waals surface area contributed by atoms with Crippen LogP contribution in [-0.4, -0.2) is 50.2 Å². The molecule has 0 heterocycles. The molecular weight excluding hydrogens is 252 g/mol. The van der Waals surface area contributed by atoms with Crippen molar-refractivity contribution in [2.24, 2.45) is 5.41 Å². The molecule has 2 rings (SSSR count). The summed E-state index contributed by atoms with van der Waals surface area (Å²) in [4.78, 5) is 24.5. The van der Waals surface area contributed by atoms with E-state index in [1.165, 1.54) is 21.3 Å². The Morgan fingerprint density at radius 3 is 2.37 bits per heavy atom. The Kier molecular flexibility index (Phi) is 3.40. The van der Waals surface area contributed by atoms with Gasteiger partial charge in [-0.1, -0.05) is 0 Å². The normalized spacial score (nSPS) is 34.5. The van der Waals surface area contributed by atoms with Gasteiger partial charge in [0, 0.05) is 20.0 Å². The first-order valence-corrected chi connectivity index (χ1v) is 6.07. The minimum atomic E-state index is -1.80. The van der Waals surface area contributed by atoms with Crippen molar-refractivity contribution in [1.29, 1.82) is 0 Å². The summed E-state index contributed by atoms with van der Waals surface area (Å²) in [5.41, 5.74) is -3.01. The SMILES string of the molecule is COCC1(O)C(=O)CCC12CC(OC)=C(OC)C2=O. The molecule has 0 aliphatic heterocycles. The summed E-state index contributed by atoms with van der Waals surface area (Å²) in [7, 11) is 4.20. The second kappa shape index (κ2) is 4.61. The van der Waals surface area contributed by atoms with Crippen molar-refractivity contribution in [2.45, 2.75) is 24.9 Å². The van der Waals surface area contributed by atoms with Gasteiger partial charge in [0.2, 0.25) is 11.5 Å². The number of methoxy groups -OCH3 is 3. The Labute approximate surface area is 111 Å². The van der Waals surface area contributed by atoms with Gasteiger partial charge in [0.1, 0.15) is 5.76 Å². The molecule has 1 saturated carbocycles. The average molecular weight is 270 g/mol. The van der Waals surface area contributed by atoms with Gasteiger partial charge in [-0.3, -0.25) is 9.59 Å². The lowest BCUT2D eigenvalue weighted by Gasteiger charge is -2.35. The highest BCUT2D eigenvalue weighted by atomic mass is 16.5. The molecule has 2 atom stereocenters. The summed E-state index contributed by atoms with van der Waals surface area (Å²) in [6.45, 7) is -0.203. The first kappa shape index (κ1) is 14.0. The maximum atomic E-state index is 12.5. The van der Waals surface area contributed by atoms with Gasteiger partial charge in [-0.25, -0.2) is 0 Å². The molecular formula is C13H18O6. The van der Waals surface area contributed by atoms with Crippen LogP contribution in [-0.2, 0) is 23.8 Å². The maximum Gasteiger partial charge on any atom is 0.210 e. The Hall–Kier alpha value is -1.40. The van der Waals surface area contributed by atoms with E-state index in [2.05, 4.69) is 0 Å². The molecule has 0 bridgehead atoms. The Balaban J connectivity index is 2.46. The van der Waals surface area contributed by atoms with Gasteiger partial charge in [-0.05, 0) is 6.42 Å². The summed E-state index contributed by atoms with van der Waals surface area (Å²) in [5, 5.41) is 10.7. The van der Waals surface area contributed by atoms with Gasteiger partial charge in [-0.2, -0.15) is 0 Å². The minimum Gasteiger partial charge on any atom is -0.497 e. The van der Waals surface area contributed by atoms with Crippen molar-refractivity contribution < 1.29 is 28.9 Å². The number of hydrogen-bond acceptors (Lipinski definition) is 6. The molecule has 2 aliphatic carbocycles. The fraction of sp³-hybridized carbons (Fsp3) is 0.692. The topological polar surface area (TPSA) is 82.1 Å². The summed E-state index contributed by atoms with van der Waals surface area (Å²) in [6, 6.07) is 0. The number of Topliss-reactive ketones (excluding diaryl/α,β-unsaturated/α-hetero) is 2. The molecule has 19 heavy (non-hydrogen) atoms. The first-order chi connectivity index (χ1) is 8.96. The van der Waals surface area contributed by atoms with E-state index >= 15 is 0 Å². The molecule has 1 spiro atoms. The summed E-state index contributed by atoms with van der Waals surface area (Å²) in [6.07, 6.45) is 0.598. The summed E-state index contributed by atoms with van der Waals surface area (Å²) >= 11 is 0.